The van der Waals surface area contributed by atoms with Crippen LogP contribution in [0, 0.1) is 0 Å². The summed E-state index contributed by atoms with van der Waals surface area (Å²) in [5, 5.41) is 8.87. The molecule has 0 amide bonds. The predicted octanol–water partition coefficient (Wildman–Crippen LogP) is 3.44. The highest BCUT2D eigenvalue weighted by molar-refractivity contribution is 14.1. The summed E-state index contributed by atoms with van der Waals surface area (Å²) < 4.78 is 1.58. The summed E-state index contributed by atoms with van der Waals surface area (Å²) in [6.07, 6.45) is 2.22. The van der Waals surface area contributed by atoms with Gasteiger partial charge in [-0.25, -0.2) is 4.79 Å². The van der Waals surface area contributed by atoms with Gasteiger partial charge in [-0.1, -0.05) is 15.9 Å². The van der Waals surface area contributed by atoms with E-state index in [1.54, 1.807) is 13.0 Å². The molecule has 1 aliphatic carbocycles. The van der Waals surface area contributed by atoms with Gasteiger partial charge in [-0.05, 0) is 35.6 Å². The number of rotatable bonds is 1. The highest BCUT2D eigenvalue weighted by atomic mass is 127. The van der Waals surface area contributed by atoms with Crippen LogP contribution in [0.1, 0.15) is 13.3 Å². The molecule has 0 saturated carbocycles. The first-order valence-corrected chi connectivity index (χ1v) is 5.78. The van der Waals surface area contributed by atoms with Crippen molar-refractivity contribution in [2.45, 2.75) is 18.2 Å². The van der Waals surface area contributed by atoms with Gasteiger partial charge < -0.3 is 5.11 Å². The van der Waals surface area contributed by atoms with E-state index in [4.69, 9.17) is 16.7 Å². The third-order valence-electron chi connectivity index (χ3n) is 1.65. The molecule has 0 radical (unpaired) electrons. The van der Waals surface area contributed by atoms with Crippen LogP contribution in [0.2, 0.25) is 0 Å². The number of aliphatic carboxylic acids is 1. The molecule has 72 valence electrons. The van der Waals surface area contributed by atoms with E-state index >= 15 is 0 Å². The minimum absolute atomic E-state index is 0.274. The Bertz CT molecular complexity index is 320. The smallest absolute Gasteiger partial charge is 0.336 e. The highest BCUT2D eigenvalue weighted by Crippen LogP contribution is 2.41. The lowest BCUT2D eigenvalue weighted by atomic mass is 9.97. The first kappa shape index (κ1) is 11.5. The normalized spacial score (nSPS) is 28.8. The van der Waals surface area contributed by atoms with Crippen molar-refractivity contribution in [3.8, 4) is 0 Å². The number of allylic oxidation sites excluding steroid dienone is 2. The van der Waals surface area contributed by atoms with Crippen LogP contribution in [0.3, 0.4) is 0 Å². The third-order valence-corrected chi connectivity index (χ3v) is 4.54. The third kappa shape index (κ3) is 2.70. The summed E-state index contributed by atoms with van der Waals surface area (Å²) in [7, 11) is 0. The maximum Gasteiger partial charge on any atom is 0.336 e. The Morgan fingerprint density at radius 2 is 2.38 bits per heavy atom. The molecule has 0 aliphatic heterocycles. The molecule has 1 unspecified atom stereocenters. The number of carboxylic acid groups (broad SMARTS) is 1. The molecule has 0 fully saturated rings. The Labute approximate surface area is 103 Å². The summed E-state index contributed by atoms with van der Waals surface area (Å²) in [6, 6.07) is 0. The lowest BCUT2D eigenvalue weighted by Crippen LogP contribution is -2.20. The molecule has 0 bridgehead atoms. The van der Waals surface area contributed by atoms with E-state index in [9.17, 15) is 4.79 Å². The Morgan fingerprint density at radius 3 is 2.85 bits per heavy atom. The van der Waals surface area contributed by atoms with Gasteiger partial charge in [0, 0.05) is 14.5 Å². The minimum Gasteiger partial charge on any atom is -0.478 e. The van der Waals surface area contributed by atoms with Crippen LogP contribution in [0.5, 0.6) is 0 Å². The van der Waals surface area contributed by atoms with E-state index in [1.807, 2.05) is 22.6 Å². The average molecular weight is 377 g/mol. The quantitative estimate of drug-likeness (QED) is 0.562. The van der Waals surface area contributed by atoms with Crippen LogP contribution >= 0.6 is 50.1 Å². The molecule has 13 heavy (non-hydrogen) atoms. The van der Waals surface area contributed by atoms with Gasteiger partial charge in [0.1, 0.15) is 0 Å². The van der Waals surface area contributed by atoms with E-state index in [1.165, 1.54) is 0 Å². The Morgan fingerprint density at radius 1 is 1.85 bits per heavy atom. The van der Waals surface area contributed by atoms with Gasteiger partial charge in [0.15, 0.2) is 0 Å². The van der Waals surface area contributed by atoms with Crippen molar-refractivity contribution in [1.82, 2.24) is 0 Å². The molecular weight excluding hydrogens is 370 g/mol. The van der Waals surface area contributed by atoms with Crippen molar-refractivity contribution in [1.29, 1.82) is 0 Å². The van der Waals surface area contributed by atoms with Crippen LogP contribution < -0.4 is 0 Å². The van der Waals surface area contributed by atoms with Crippen LogP contribution in [0.25, 0.3) is 0 Å². The van der Waals surface area contributed by atoms with Gasteiger partial charge in [-0.2, -0.15) is 0 Å². The molecule has 2 nitrogen and oxygen atoms in total. The van der Waals surface area contributed by atoms with Crippen LogP contribution in [0.15, 0.2) is 19.7 Å². The van der Waals surface area contributed by atoms with Crippen molar-refractivity contribution in [3.05, 3.63) is 19.7 Å². The van der Waals surface area contributed by atoms with E-state index < -0.39 is 10.8 Å². The van der Waals surface area contributed by atoms with Gasteiger partial charge in [0.05, 0.1) is 10.4 Å². The Hall–Kier alpha value is 0.450. The zero-order chi connectivity index (χ0) is 10.2. The second-order valence-electron chi connectivity index (χ2n) is 3.04. The number of hydrogen-bond donors (Lipinski definition) is 1. The number of carboxylic acids is 1. The fourth-order valence-electron chi connectivity index (χ4n) is 1.10. The largest absolute Gasteiger partial charge is 0.478 e. The van der Waals surface area contributed by atoms with Crippen molar-refractivity contribution in [2.24, 2.45) is 0 Å². The lowest BCUT2D eigenvalue weighted by molar-refractivity contribution is -0.132. The molecule has 1 N–H and O–H groups in total. The maximum absolute atomic E-state index is 10.8. The van der Waals surface area contributed by atoms with Crippen LogP contribution in [-0.2, 0) is 4.79 Å². The zero-order valence-corrected chi connectivity index (χ0v) is 11.3. The number of carbonyl (C=O) groups is 1. The standard InChI is InChI=1S/C8H7BrClIO2/c1-8(10)2-4(7(12)13)6(11)5(9)3-8/h2H,3H2,1H3,(H,12,13). The molecule has 1 rings (SSSR count). The molecular formula is C8H7BrClIO2. The van der Waals surface area contributed by atoms with E-state index in [2.05, 4.69) is 15.9 Å². The monoisotopic (exact) mass is 376 g/mol. The van der Waals surface area contributed by atoms with Crippen LogP contribution in [-0.4, -0.2) is 16.0 Å². The fourth-order valence-corrected chi connectivity index (χ4v) is 2.88. The summed E-state index contributed by atoms with van der Waals surface area (Å²) >= 11 is 11.4. The predicted molar refractivity (Wildman–Crippen MR) is 64.6 cm³/mol. The summed E-state index contributed by atoms with van der Waals surface area (Å²) in [6.45, 7) is 1.79. The Balaban J connectivity index is 3.16. The second kappa shape index (κ2) is 3.90. The summed E-state index contributed by atoms with van der Waals surface area (Å²) in [5.74, 6) is -0.937. The molecule has 5 heteroatoms. The molecule has 1 atom stereocenters. The zero-order valence-electron chi connectivity index (χ0n) is 6.77. The fraction of sp³-hybridized carbons (Fsp3) is 0.375. The van der Waals surface area contributed by atoms with Gasteiger partial charge in [0.25, 0.3) is 0 Å². The van der Waals surface area contributed by atoms with Gasteiger partial charge in [0.2, 0.25) is 0 Å². The molecule has 0 saturated heterocycles. The van der Waals surface area contributed by atoms with Gasteiger partial charge in [-0.15, -0.1) is 11.6 Å². The number of hydrogen-bond acceptors (Lipinski definition) is 1. The number of alkyl halides is 1. The number of halogens is 3. The van der Waals surface area contributed by atoms with Crippen LogP contribution in [0.4, 0.5) is 0 Å². The minimum atomic E-state index is -0.937. The second-order valence-corrected chi connectivity index (χ2v) is 5.94. The van der Waals surface area contributed by atoms with Crippen molar-refractivity contribution < 1.29 is 9.90 Å². The first-order valence-electron chi connectivity index (χ1n) is 3.53. The SMILES string of the molecule is CC1(Cl)C=C(C(=O)O)C(I)=C(Br)C1. The molecule has 0 aromatic carbocycles. The lowest BCUT2D eigenvalue weighted by Gasteiger charge is -2.24. The van der Waals surface area contributed by atoms with Gasteiger partial charge in [-0.3, -0.25) is 0 Å². The molecule has 0 heterocycles. The Kier molecular flexibility index (Phi) is 3.46. The molecule has 0 aromatic rings. The van der Waals surface area contributed by atoms with Crippen molar-refractivity contribution in [2.75, 3.05) is 0 Å². The maximum atomic E-state index is 10.8. The van der Waals surface area contributed by atoms with E-state index in [0.717, 1.165) is 8.06 Å². The first-order chi connectivity index (χ1) is 5.83. The summed E-state index contributed by atoms with van der Waals surface area (Å²) in [4.78, 5) is 10.2. The molecule has 0 aromatic heterocycles. The van der Waals surface area contributed by atoms with Crippen molar-refractivity contribution in [3.63, 3.8) is 0 Å². The van der Waals surface area contributed by atoms with Gasteiger partial charge >= 0.3 is 5.97 Å². The molecule has 1 aliphatic rings. The van der Waals surface area contributed by atoms with Crippen molar-refractivity contribution >= 4 is 56.1 Å². The molecule has 0 spiro atoms. The topological polar surface area (TPSA) is 37.3 Å². The summed E-state index contributed by atoms with van der Waals surface area (Å²) in [5.41, 5.74) is 0.274. The average Bonchev–Trinajstić information content (AvgIpc) is 1.95. The van der Waals surface area contributed by atoms with E-state index in [0.29, 0.717) is 6.42 Å². The van der Waals surface area contributed by atoms with E-state index in [-0.39, 0.29) is 5.57 Å². The highest BCUT2D eigenvalue weighted by Gasteiger charge is 2.29.